The Hall–Kier alpha value is -3.59. The molecule has 1 saturated carbocycles. The zero-order valence-corrected chi connectivity index (χ0v) is 18.0. The zero-order valence-electron chi connectivity index (χ0n) is 18.0. The van der Waals surface area contributed by atoms with Crippen LogP contribution in [0.5, 0.6) is 11.5 Å². The minimum absolute atomic E-state index is 0.345. The third-order valence-corrected chi connectivity index (χ3v) is 6.14. The summed E-state index contributed by atoms with van der Waals surface area (Å²) < 4.78 is 22.8. The van der Waals surface area contributed by atoms with Gasteiger partial charge in [-0.2, -0.15) is 0 Å². The minimum atomic E-state index is -1.33. The van der Waals surface area contributed by atoms with E-state index in [1.807, 2.05) is 30.3 Å². The largest absolute Gasteiger partial charge is 0.481 e. The number of carboxylic acid groups (broad SMARTS) is 1. The Morgan fingerprint density at radius 1 is 1.19 bits per heavy atom. The van der Waals surface area contributed by atoms with Crippen molar-refractivity contribution in [2.45, 2.75) is 19.8 Å². The van der Waals surface area contributed by atoms with Gasteiger partial charge in [0.2, 0.25) is 0 Å². The first kappa shape index (κ1) is 23.1. The lowest BCUT2D eigenvalue weighted by molar-refractivity contribution is -0.145. The summed E-state index contributed by atoms with van der Waals surface area (Å²) >= 11 is 0. The lowest BCUT2D eigenvalue weighted by Gasteiger charge is -2.23. The molecular weight excluding hydrogens is 411 g/mol. The molecule has 2 aromatic carbocycles. The molecule has 2 aromatic rings. The standard InChI is InChI=1S/C26H25FO5/c1-4-21(18-9-8-12-20(17-18)32-19-10-6-5-7-11-19)26(24(29)30)22(25(26,2)3)13-14-23(28)31-16-15-27/h1,5-14,17,21-22H,15-16H2,2-3H3,(H,29,30)/t21?,22-,26+/m0/s1. The highest BCUT2D eigenvalue weighted by molar-refractivity contribution is 5.86. The summed E-state index contributed by atoms with van der Waals surface area (Å²) in [5.74, 6) is 0.782. The van der Waals surface area contributed by atoms with Gasteiger partial charge in [0, 0.05) is 12.0 Å². The van der Waals surface area contributed by atoms with E-state index in [9.17, 15) is 19.1 Å². The van der Waals surface area contributed by atoms with Gasteiger partial charge < -0.3 is 14.6 Å². The fourth-order valence-corrected chi connectivity index (χ4v) is 4.55. The van der Waals surface area contributed by atoms with Gasteiger partial charge in [0.15, 0.2) is 0 Å². The van der Waals surface area contributed by atoms with Gasteiger partial charge in [-0.05, 0) is 35.2 Å². The lowest BCUT2D eigenvalue weighted by atomic mass is 9.78. The maximum absolute atomic E-state index is 12.5. The molecule has 0 amide bonds. The van der Waals surface area contributed by atoms with Crippen LogP contribution in [0.2, 0.25) is 0 Å². The second-order valence-corrected chi connectivity index (χ2v) is 8.18. The maximum atomic E-state index is 12.5. The molecule has 3 atom stereocenters. The fraction of sp³-hybridized carbons (Fsp3) is 0.308. The number of rotatable bonds is 9. The molecule has 5 nitrogen and oxygen atoms in total. The predicted octanol–water partition coefficient (Wildman–Crippen LogP) is 4.99. The van der Waals surface area contributed by atoms with Crippen molar-refractivity contribution in [3.05, 3.63) is 72.3 Å². The van der Waals surface area contributed by atoms with Crippen molar-refractivity contribution in [2.24, 2.45) is 16.7 Å². The third kappa shape index (κ3) is 4.11. The highest BCUT2D eigenvalue weighted by Gasteiger charge is 2.77. The maximum Gasteiger partial charge on any atom is 0.330 e. The number of halogens is 1. The van der Waals surface area contributed by atoms with E-state index in [2.05, 4.69) is 5.92 Å². The molecule has 32 heavy (non-hydrogen) atoms. The Morgan fingerprint density at radius 2 is 1.88 bits per heavy atom. The fourth-order valence-electron chi connectivity index (χ4n) is 4.55. The van der Waals surface area contributed by atoms with Crippen molar-refractivity contribution >= 4 is 11.9 Å². The summed E-state index contributed by atoms with van der Waals surface area (Å²) in [7, 11) is 0. The molecule has 1 aliphatic carbocycles. The van der Waals surface area contributed by atoms with Crippen LogP contribution in [-0.2, 0) is 14.3 Å². The van der Waals surface area contributed by atoms with Gasteiger partial charge in [0.25, 0.3) is 0 Å². The molecule has 0 heterocycles. The first-order valence-electron chi connectivity index (χ1n) is 10.2. The summed E-state index contributed by atoms with van der Waals surface area (Å²) in [6, 6.07) is 16.3. The second-order valence-electron chi connectivity index (χ2n) is 8.18. The van der Waals surface area contributed by atoms with Crippen molar-refractivity contribution < 1.29 is 28.6 Å². The number of terminal acetylenes is 1. The minimum Gasteiger partial charge on any atom is -0.481 e. The van der Waals surface area contributed by atoms with Crippen LogP contribution in [-0.4, -0.2) is 30.3 Å². The number of carboxylic acids is 1. The molecule has 0 spiro atoms. The molecule has 1 aliphatic rings. The highest BCUT2D eigenvalue weighted by Crippen LogP contribution is 2.75. The first-order valence-corrected chi connectivity index (χ1v) is 10.2. The number of carbonyl (C=O) groups excluding carboxylic acids is 1. The summed E-state index contributed by atoms with van der Waals surface area (Å²) in [6.07, 6.45) is 8.52. The summed E-state index contributed by atoms with van der Waals surface area (Å²) in [4.78, 5) is 24.3. The monoisotopic (exact) mass is 436 g/mol. The van der Waals surface area contributed by atoms with E-state index in [1.54, 1.807) is 38.1 Å². The number of ether oxygens (including phenoxy) is 2. The molecule has 6 heteroatoms. The number of hydrogen-bond donors (Lipinski definition) is 1. The SMILES string of the molecule is C#CC(c1cccc(Oc2ccccc2)c1)[C@]1(C(=O)O)[C@@H](C=CC(=O)OCCF)C1(C)C. The van der Waals surface area contributed by atoms with E-state index in [0.29, 0.717) is 17.1 Å². The number of alkyl halides is 1. The average Bonchev–Trinajstić information content (AvgIpc) is 3.27. The van der Waals surface area contributed by atoms with Crippen molar-refractivity contribution in [3.63, 3.8) is 0 Å². The van der Waals surface area contributed by atoms with Crippen LogP contribution in [0, 0.1) is 29.1 Å². The van der Waals surface area contributed by atoms with Crippen molar-refractivity contribution in [3.8, 4) is 23.8 Å². The van der Waals surface area contributed by atoms with Crippen LogP contribution < -0.4 is 4.74 Å². The Morgan fingerprint density at radius 3 is 2.50 bits per heavy atom. The molecule has 3 rings (SSSR count). The van der Waals surface area contributed by atoms with Gasteiger partial charge >= 0.3 is 11.9 Å². The summed E-state index contributed by atoms with van der Waals surface area (Å²) in [5, 5.41) is 10.3. The van der Waals surface area contributed by atoms with Gasteiger partial charge in [0.05, 0.1) is 11.3 Å². The molecular formula is C26H25FO5. The Bertz CT molecular complexity index is 1050. The molecule has 1 N–H and O–H groups in total. The van der Waals surface area contributed by atoms with Crippen LogP contribution in [0.15, 0.2) is 66.7 Å². The molecule has 0 aliphatic heterocycles. The van der Waals surface area contributed by atoms with Crippen LogP contribution in [0.1, 0.15) is 25.3 Å². The molecule has 0 saturated heterocycles. The Kier molecular flexibility index (Phi) is 6.69. The lowest BCUT2D eigenvalue weighted by Crippen LogP contribution is -2.28. The topological polar surface area (TPSA) is 72.8 Å². The normalized spacial score (nSPS) is 22.0. The molecule has 0 bridgehead atoms. The van der Waals surface area contributed by atoms with Crippen LogP contribution in [0.25, 0.3) is 0 Å². The Labute approximate surface area is 186 Å². The number of hydrogen-bond acceptors (Lipinski definition) is 4. The number of allylic oxidation sites excluding steroid dienone is 1. The highest BCUT2D eigenvalue weighted by atomic mass is 19.1. The molecule has 1 unspecified atom stereocenters. The quantitative estimate of drug-likeness (QED) is 0.341. The molecule has 0 radical (unpaired) electrons. The molecule has 1 fully saturated rings. The van der Waals surface area contributed by atoms with Crippen molar-refractivity contribution in [1.82, 2.24) is 0 Å². The number of aliphatic carboxylic acids is 1. The molecule has 0 aromatic heterocycles. The van der Waals surface area contributed by atoms with Gasteiger partial charge in [-0.3, -0.25) is 4.79 Å². The number of para-hydroxylation sites is 1. The van der Waals surface area contributed by atoms with Gasteiger partial charge in [-0.1, -0.05) is 56.2 Å². The van der Waals surface area contributed by atoms with E-state index in [4.69, 9.17) is 15.9 Å². The van der Waals surface area contributed by atoms with E-state index in [0.717, 1.165) is 6.08 Å². The number of benzene rings is 2. The van der Waals surface area contributed by atoms with E-state index in [1.165, 1.54) is 6.08 Å². The van der Waals surface area contributed by atoms with E-state index < -0.39 is 41.3 Å². The van der Waals surface area contributed by atoms with Crippen molar-refractivity contribution in [2.75, 3.05) is 13.3 Å². The van der Waals surface area contributed by atoms with Gasteiger partial charge in [-0.25, -0.2) is 9.18 Å². The predicted molar refractivity (Wildman–Crippen MR) is 118 cm³/mol. The zero-order chi connectivity index (χ0) is 23.4. The van der Waals surface area contributed by atoms with E-state index in [-0.39, 0.29) is 6.61 Å². The summed E-state index contributed by atoms with van der Waals surface area (Å²) in [6.45, 7) is 2.48. The summed E-state index contributed by atoms with van der Waals surface area (Å²) in [5.41, 5.74) is -1.43. The average molecular weight is 436 g/mol. The van der Waals surface area contributed by atoms with Crippen molar-refractivity contribution in [1.29, 1.82) is 0 Å². The molecule has 166 valence electrons. The van der Waals surface area contributed by atoms with Gasteiger partial charge in [0.1, 0.15) is 24.8 Å². The van der Waals surface area contributed by atoms with Crippen LogP contribution in [0.4, 0.5) is 4.39 Å². The Balaban J connectivity index is 1.92. The second kappa shape index (κ2) is 9.27. The van der Waals surface area contributed by atoms with Crippen LogP contribution >= 0.6 is 0 Å². The van der Waals surface area contributed by atoms with Crippen LogP contribution in [0.3, 0.4) is 0 Å². The third-order valence-electron chi connectivity index (χ3n) is 6.14. The van der Waals surface area contributed by atoms with Gasteiger partial charge in [-0.15, -0.1) is 6.42 Å². The van der Waals surface area contributed by atoms with E-state index >= 15 is 0 Å². The number of esters is 1. The smallest absolute Gasteiger partial charge is 0.330 e. The number of carbonyl (C=O) groups is 2. The first-order chi connectivity index (χ1) is 15.3.